The van der Waals surface area contributed by atoms with E-state index in [0.717, 1.165) is 17.7 Å². The number of nitrogens with one attached hydrogen (secondary N) is 2. The number of rotatable bonds is 6. The van der Waals surface area contributed by atoms with Gasteiger partial charge in [0.15, 0.2) is 0 Å². The molecule has 0 bridgehead atoms. The molecule has 2 atom stereocenters. The van der Waals surface area contributed by atoms with Crippen molar-refractivity contribution in [2.75, 3.05) is 29.5 Å². The van der Waals surface area contributed by atoms with Crippen LogP contribution in [0.1, 0.15) is 37.8 Å². The maximum absolute atomic E-state index is 13.3. The summed E-state index contributed by atoms with van der Waals surface area (Å²) in [6, 6.07) is 20.9. The van der Waals surface area contributed by atoms with Gasteiger partial charge in [-0.2, -0.15) is 0 Å². The molecule has 4 rings (SSSR count). The van der Waals surface area contributed by atoms with Crippen LogP contribution in [0.15, 0.2) is 78.9 Å². The molecule has 4 N–H and O–H groups in total. The molecule has 0 radical (unpaired) electrons. The van der Waals surface area contributed by atoms with Gasteiger partial charge >= 0.3 is 0 Å². The Morgan fingerprint density at radius 1 is 0.946 bits per heavy atom. The number of hydrogen-bond donors (Lipinski definition) is 3. The molecule has 2 amide bonds. The lowest BCUT2D eigenvalue weighted by molar-refractivity contribution is -0.120. The first-order valence-electron chi connectivity index (χ1n) is 12.3. The Morgan fingerprint density at radius 2 is 1.62 bits per heavy atom. The summed E-state index contributed by atoms with van der Waals surface area (Å²) in [6.45, 7) is 7.82. The number of para-hydroxylation sites is 2. The first-order valence-corrected chi connectivity index (χ1v) is 12.3. The Kier molecular flexibility index (Phi) is 7.74. The van der Waals surface area contributed by atoms with Crippen LogP contribution in [0.3, 0.4) is 0 Å². The van der Waals surface area contributed by atoms with Crippen molar-refractivity contribution in [1.82, 2.24) is 4.90 Å². The zero-order valence-corrected chi connectivity index (χ0v) is 21.4. The van der Waals surface area contributed by atoms with Crippen LogP contribution in [0.4, 0.5) is 21.5 Å². The number of nitrogens with zero attached hydrogens (tertiary/aromatic N) is 1. The molecule has 1 saturated heterocycles. The Bertz CT molecular complexity index is 1280. The summed E-state index contributed by atoms with van der Waals surface area (Å²) in [5, 5.41) is 5.73. The molecule has 0 spiro atoms. The Morgan fingerprint density at radius 3 is 2.27 bits per heavy atom. The summed E-state index contributed by atoms with van der Waals surface area (Å²) >= 11 is 0. The topological polar surface area (TPSA) is 87.5 Å². The summed E-state index contributed by atoms with van der Waals surface area (Å²) in [5.74, 6) is -0.943. The highest BCUT2D eigenvalue weighted by Gasteiger charge is 2.42. The van der Waals surface area contributed by atoms with Gasteiger partial charge in [-0.3, -0.25) is 14.5 Å². The minimum Gasteiger partial charge on any atom is -0.397 e. The molecule has 1 fully saturated rings. The van der Waals surface area contributed by atoms with E-state index in [4.69, 9.17) is 5.73 Å². The van der Waals surface area contributed by atoms with E-state index >= 15 is 0 Å². The monoisotopic (exact) mass is 500 g/mol. The molecule has 6 nitrogen and oxygen atoms in total. The molecule has 1 aliphatic rings. The van der Waals surface area contributed by atoms with Crippen LogP contribution >= 0.6 is 0 Å². The Hall–Kier alpha value is -3.97. The van der Waals surface area contributed by atoms with Crippen molar-refractivity contribution in [3.8, 4) is 0 Å². The van der Waals surface area contributed by atoms with Gasteiger partial charge in [0.25, 0.3) is 0 Å². The summed E-state index contributed by atoms with van der Waals surface area (Å²) in [5.41, 5.74) is 9.39. The van der Waals surface area contributed by atoms with Crippen LogP contribution < -0.4 is 16.4 Å². The van der Waals surface area contributed by atoms with Crippen LogP contribution in [0, 0.1) is 11.7 Å². The van der Waals surface area contributed by atoms with Gasteiger partial charge in [-0.1, -0.05) is 36.4 Å². The minimum atomic E-state index is -0.341. The number of benzene rings is 3. The lowest BCUT2D eigenvalue weighted by Gasteiger charge is -2.31. The predicted molar refractivity (Wildman–Crippen MR) is 148 cm³/mol. The quantitative estimate of drug-likeness (QED) is 0.308. The highest BCUT2D eigenvalue weighted by molar-refractivity contribution is 6.03. The van der Waals surface area contributed by atoms with Gasteiger partial charge < -0.3 is 16.4 Å². The summed E-state index contributed by atoms with van der Waals surface area (Å²) in [7, 11) is 0. The number of likely N-dealkylation sites (tertiary alicyclic amines) is 1. The number of halogens is 1. The van der Waals surface area contributed by atoms with Crippen molar-refractivity contribution in [2.24, 2.45) is 5.92 Å². The second kappa shape index (κ2) is 11.0. The molecule has 1 heterocycles. The fourth-order valence-electron chi connectivity index (χ4n) is 4.53. The number of nitrogen functional groups attached to an aromatic ring is 1. The molecule has 0 aromatic heterocycles. The van der Waals surface area contributed by atoms with Gasteiger partial charge in [0.1, 0.15) is 5.82 Å². The largest absolute Gasteiger partial charge is 0.397 e. The van der Waals surface area contributed by atoms with Gasteiger partial charge in [-0.15, -0.1) is 0 Å². The van der Waals surface area contributed by atoms with E-state index in [9.17, 15) is 14.0 Å². The molecular formula is C30H33FN4O2. The van der Waals surface area contributed by atoms with Crippen LogP contribution in [0.2, 0.25) is 0 Å². The predicted octanol–water partition coefficient (Wildman–Crippen LogP) is 5.51. The first kappa shape index (κ1) is 26.1. The van der Waals surface area contributed by atoms with Crippen molar-refractivity contribution < 1.29 is 14.0 Å². The van der Waals surface area contributed by atoms with E-state index in [2.05, 4.69) is 36.3 Å². The van der Waals surface area contributed by atoms with Gasteiger partial charge in [0, 0.05) is 36.3 Å². The molecule has 3 aromatic rings. The van der Waals surface area contributed by atoms with Crippen LogP contribution in [-0.4, -0.2) is 35.3 Å². The summed E-state index contributed by atoms with van der Waals surface area (Å²) < 4.78 is 13.3. The molecule has 7 heteroatoms. The van der Waals surface area contributed by atoms with Crippen LogP contribution in [0.25, 0.3) is 6.08 Å². The Balaban J connectivity index is 1.47. The van der Waals surface area contributed by atoms with E-state index in [1.54, 1.807) is 30.3 Å². The second-order valence-electron chi connectivity index (χ2n) is 10.4. The minimum absolute atomic E-state index is 0.00190. The first-order chi connectivity index (χ1) is 17.6. The molecule has 192 valence electrons. The lowest BCUT2D eigenvalue weighted by Crippen LogP contribution is -2.40. The van der Waals surface area contributed by atoms with E-state index in [-0.39, 0.29) is 35.0 Å². The fourth-order valence-corrected chi connectivity index (χ4v) is 4.53. The molecule has 0 aliphatic carbocycles. The average Bonchev–Trinajstić information content (AvgIpc) is 3.32. The van der Waals surface area contributed by atoms with Crippen molar-refractivity contribution in [1.29, 1.82) is 0 Å². The number of carbonyl (C=O) groups excluding carboxylic acids is 2. The Labute approximate surface area is 217 Å². The van der Waals surface area contributed by atoms with E-state index in [1.165, 1.54) is 18.2 Å². The van der Waals surface area contributed by atoms with Crippen molar-refractivity contribution in [3.63, 3.8) is 0 Å². The van der Waals surface area contributed by atoms with Crippen LogP contribution in [-0.2, 0) is 9.59 Å². The molecule has 37 heavy (non-hydrogen) atoms. The highest BCUT2D eigenvalue weighted by Crippen LogP contribution is 2.37. The summed E-state index contributed by atoms with van der Waals surface area (Å²) in [4.78, 5) is 27.9. The average molecular weight is 501 g/mol. The molecule has 2 unspecified atom stereocenters. The third-order valence-corrected chi connectivity index (χ3v) is 6.73. The SMILES string of the molecule is CC(C)(C)N1CC(C(=O)Nc2ccc(F)cc2)C(c2ccc(/C=C/C(=O)Nc3ccccc3N)cc2)C1. The lowest BCUT2D eigenvalue weighted by atomic mass is 9.88. The van der Waals surface area contributed by atoms with Crippen molar-refractivity contribution in [3.05, 3.63) is 95.8 Å². The van der Waals surface area contributed by atoms with E-state index in [0.29, 0.717) is 23.6 Å². The number of amides is 2. The molecule has 0 saturated carbocycles. The van der Waals surface area contributed by atoms with Crippen LogP contribution in [0.5, 0.6) is 0 Å². The van der Waals surface area contributed by atoms with Crippen molar-refractivity contribution >= 4 is 35.0 Å². The van der Waals surface area contributed by atoms with Gasteiger partial charge in [-0.25, -0.2) is 4.39 Å². The van der Waals surface area contributed by atoms with E-state index < -0.39 is 0 Å². The van der Waals surface area contributed by atoms with Gasteiger partial charge in [0.2, 0.25) is 11.8 Å². The maximum atomic E-state index is 13.3. The smallest absolute Gasteiger partial charge is 0.248 e. The molecule has 3 aromatic carbocycles. The molecule has 1 aliphatic heterocycles. The normalized spacial score (nSPS) is 18.2. The fraction of sp³-hybridized carbons (Fsp3) is 0.267. The number of carbonyl (C=O) groups is 2. The van der Waals surface area contributed by atoms with Gasteiger partial charge in [0.05, 0.1) is 17.3 Å². The number of hydrogen-bond acceptors (Lipinski definition) is 4. The van der Waals surface area contributed by atoms with Gasteiger partial charge in [-0.05, 0) is 74.4 Å². The number of nitrogens with two attached hydrogens (primary N) is 1. The molecular weight excluding hydrogens is 467 g/mol. The zero-order valence-electron chi connectivity index (χ0n) is 21.4. The highest BCUT2D eigenvalue weighted by atomic mass is 19.1. The third kappa shape index (κ3) is 6.62. The van der Waals surface area contributed by atoms with E-state index in [1.807, 2.05) is 36.4 Å². The standard InChI is InChI=1S/C30H33FN4O2/c1-30(2,3)35-18-24(25(19-35)29(37)33-23-15-13-22(31)14-16-23)21-11-8-20(9-12-21)10-17-28(36)34-27-7-5-4-6-26(27)32/h4-17,24-25H,18-19,32H2,1-3H3,(H,33,37)(H,34,36)/b17-10+. The third-order valence-electron chi connectivity index (χ3n) is 6.73. The summed E-state index contributed by atoms with van der Waals surface area (Å²) in [6.07, 6.45) is 3.21. The number of anilines is 3. The van der Waals surface area contributed by atoms with Crippen molar-refractivity contribution in [2.45, 2.75) is 32.2 Å². The zero-order chi connectivity index (χ0) is 26.6. The maximum Gasteiger partial charge on any atom is 0.248 e. The second-order valence-corrected chi connectivity index (χ2v) is 10.4.